The van der Waals surface area contributed by atoms with Gasteiger partial charge in [0.25, 0.3) is 5.91 Å². The van der Waals surface area contributed by atoms with E-state index in [0.717, 1.165) is 17.1 Å². The standard InChI is InChI=1S/C8H5NO.C8H9N/c10-8-5-6-3-1-2-4-7(6)9-8;1-2-4-8-7(3-1)5-6-9-8/h1-5H;1-4,9H,5-6H2. The maximum atomic E-state index is 10.7. The molecule has 3 nitrogen and oxygen atoms in total. The number of hydrogen-bond donors (Lipinski definition) is 1. The van der Waals surface area contributed by atoms with Gasteiger partial charge in [0, 0.05) is 23.5 Å². The van der Waals surface area contributed by atoms with Gasteiger partial charge in [-0.25, -0.2) is 4.99 Å². The van der Waals surface area contributed by atoms with Crippen molar-refractivity contribution in [1.29, 1.82) is 0 Å². The van der Waals surface area contributed by atoms with Gasteiger partial charge in [0.2, 0.25) is 0 Å². The molecule has 3 heteroatoms. The number of anilines is 1. The second-order valence-electron chi connectivity index (χ2n) is 4.49. The number of nitrogens with zero attached hydrogens (tertiary/aromatic N) is 1. The first kappa shape index (κ1) is 11.7. The van der Waals surface area contributed by atoms with E-state index in [1.165, 1.54) is 23.7 Å². The average molecular weight is 250 g/mol. The number of para-hydroxylation sites is 2. The highest BCUT2D eigenvalue weighted by atomic mass is 16.1. The van der Waals surface area contributed by atoms with Crippen molar-refractivity contribution in [3.63, 3.8) is 0 Å². The van der Waals surface area contributed by atoms with E-state index in [1.54, 1.807) is 0 Å². The Labute approximate surface area is 111 Å². The van der Waals surface area contributed by atoms with Crippen LogP contribution in [0.25, 0.3) is 6.08 Å². The Balaban J connectivity index is 0.000000117. The van der Waals surface area contributed by atoms with E-state index in [4.69, 9.17) is 0 Å². The Bertz CT molecular complexity index is 674. The zero-order chi connectivity index (χ0) is 13.1. The molecule has 0 aliphatic carbocycles. The van der Waals surface area contributed by atoms with Crippen LogP contribution in [0.1, 0.15) is 5.56 Å². The van der Waals surface area contributed by atoms with Crippen molar-refractivity contribution in [2.75, 3.05) is 11.9 Å². The molecule has 94 valence electrons. The maximum absolute atomic E-state index is 10.7. The van der Waals surface area contributed by atoms with Gasteiger partial charge in [-0.1, -0.05) is 36.4 Å². The molecule has 2 aromatic rings. The van der Waals surface area contributed by atoms with Gasteiger partial charge in [-0.2, -0.15) is 0 Å². The smallest absolute Gasteiger partial charge is 0.270 e. The van der Waals surface area contributed by atoms with Gasteiger partial charge < -0.3 is 5.32 Å². The summed E-state index contributed by atoms with van der Waals surface area (Å²) in [5.41, 5.74) is 2.77. The van der Waals surface area contributed by atoms with Crippen molar-refractivity contribution in [1.82, 2.24) is 0 Å². The summed E-state index contributed by atoms with van der Waals surface area (Å²) in [5, 5.41) is 5.01. The summed E-state index contributed by atoms with van der Waals surface area (Å²) in [6, 6.07) is 15.9. The zero-order valence-electron chi connectivity index (χ0n) is 10.5. The van der Waals surface area contributed by atoms with Crippen LogP contribution in [-0.2, 0) is 11.2 Å². The predicted molar refractivity (Wildman–Crippen MR) is 75.3 cm³/mol. The Morgan fingerprint density at radius 3 is 2.63 bits per heavy atom. The van der Waals surface area contributed by atoms with Crippen molar-refractivity contribution in [2.45, 2.75) is 6.42 Å². The molecule has 2 heterocycles. The molecule has 4 rings (SSSR count). The number of rotatable bonds is 0. The summed E-state index contributed by atoms with van der Waals surface area (Å²) in [4.78, 5) is 14.4. The van der Waals surface area contributed by atoms with Crippen molar-refractivity contribution >= 4 is 17.7 Å². The van der Waals surface area contributed by atoms with Crippen molar-refractivity contribution in [2.24, 2.45) is 4.99 Å². The van der Waals surface area contributed by atoms with Gasteiger partial charge >= 0.3 is 0 Å². The van der Waals surface area contributed by atoms with Gasteiger partial charge in [0.1, 0.15) is 0 Å². The third kappa shape index (κ3) is 2.55. The number of fused-ring (bicyclic) bond motifs is 2. The van der Waals surface area contributed by atoms with Crippen molar-refractivity contribution in [3.8, 4) is 0 Å². The van der Waals surface area contributed by atoms with E-state index in [-0.39, 0.29) is 5.91 Å². The molecule has 0 radical (unpaired) electrons. The van der Waals surface area contributed by atoms with Crippen molar-refractivity contribution < 1.29 is 4.79 Å². The first-order valence-corrected chi connectivity index (χ1v) is 6.34. The summed E-state index contributed by atoms with van der Waals surface area (Å²) in [7, 11) is 0. The number of benzene rings is 2. The highest BCUT2D eigenvalue weighted by Crippen LogP contribution is 2.19. The quantitative estimate of drug-likeness (QED) is 0.765. The van der Waals surface area contributed by atoms with E-state index in [1.807, 2.05) is 24.3 Å². The van der Waals surface area contributed by atoms with Crippen molar-refractivity contribution in [3.05, 3.63) is 64.7 Å². The third-order valence-electron chi connectivity index (χ3n) is 3.17. The highest BCUT2D eigenvalue weighted by Gasteiger charge is 2.05. The third-order valence-corrected chi connectivity index (χ3v) is 3.17. The fourth-order valence-corrected chi connectivity index (χ4v) is 2.24. The van der Waals surface area contributed by atoms with Crippen LogP contribution in [-0.4, -0.2) is 12.5 Å². The lowest BCUT2D eigenvalue weighted by atomic mass is 10.2. The molecule has 2 aliphatic rings. The Kier molecular flexibility index (Phi) is 3.11. The molecule has 0 fully saturated rings. The van der Waals surface area contributed by atoms with E-state index in [9.17, 15) is 4.79 Å². The minimum absolute atomic E-state index is 0.152. The van der Waals surface area contributed by atoms with Gasteiger partial charge in [0.05, 0.1) is 5.36 Å². The SMILES string of the molecule is O=C1C=c2ccccc2=N1.c1ccc2c(c1)CCN2. The van der Waals surface area contributed by atoms with E-state index in [0.29, 0.717) is 0 Å². The number of carbonyl (C=O) groups excluding carboxylic acids is 1. The topological polar surface area (TPSA) is 41.5 Å². The van der Waals surface area contributed by atoms with Crippen LogP contribution in [0.4, 0.5) is 5.69 Å². The molecule has 2 aromatic carbocycles. The summed E-state index contributed by atoms with van der Waals surface area (Å²) < 4.78 is 0. The molecular formula is C16H14N2O. The molecule has 2 aliphatic heterocycles. The zero-order valence-corrected chi connectivity index (χ0v) is 10.5. The minimum Gasteiger partial charge on any atom is -0.384 e. The van der Waals surface area contributed by atoms with Gasteiger partial charge in [0.15, 0.2) is 0 Å². The van der Waals surface area contributed by atoms with Gasteiger partial charge in [-0.15, -0.1) is 0 Å². The van der Waals surface area contributed by atoms with E-state index >= 15 is 0 Å². The van der Waals surface area contributed by atoms with Gasteiger partial charge in [-0.05, 0) is 24.1 Å². The van der Waals surface area contributed by atoms with Crippen LogP contribution < -0.4 is 15.9 Å². The van der Waals surface area contributed by atoms with E-state index < -0.39 is 0 Å². The molecule has 0 atom stereocenters. The van der Waals surface area contributed by atoms with Crippen LogP contribution in [0.15, 0.2) is 53.5 Å². The Hall–Kier alpha value is -2.42. The molecule has 0 saturated heterocycles. The monoisotopic (exact) mass is 250 g/mol. The molecule has 0 aromatic heterocycles. The first-order valence-electron chi connectivity index (χ1n) is 6.34. The lowest BCUT2D eigenvalue weighted by Gasteiger charge is -1.94. The number of carbonyl (C=O) groups is 1. The molecular weight excluding hydrogens is 236 g/mol. The molecule has 0 saturated carbocycles. The summed E-state index contributed by atoms with van der Waals surface area (Å²) in [6.45, 7) is 1.11. The number of hydrogen-bond acceptors (Lipinski definition) is 2. The largest absolute Gasteiger partial charge is 0.384 e. The first-order chi connectivity index (χ1) is 9.33. The average Bonchev–Trinajstić information content (AvgIpc) is 3.03. The normalized spacial score (nSPS) is 14.2. The summed E-state index contributed by atoms with van der Waals surface area (Å²) in [6.07, 6.45) is 2.73. The Morgan fingerprint density at radius 2 is 1.79 bits per heavy atom. The van der Waals surface area contributed by atoms with Crippen LogP contribution >= 0.6 is 0 Å². The fourth-order valence-electron chi connectivity index (χ4n) is 2.24. The van der Waals surface area contributed by atoms with Crippen LogP contribution in [0.2, 0.25) is 0 Å². The second kappa shape index (κ2) is 5.06. The summed E-state index contributed by atoms with van der Waals surface area (Å²) >= 11 is 0. The minimum atomic E-state index is -0.152. The van der Waals surface area contributed by atoms with Crippen LogP contribution in [0.5, 0.6) is 0 Å². The number of nitrogens with one attached hydrogen (secondary N) is 1. The molecule has 0 unspecified atom stereocenters. The molecule has 1 amide bonds. The lowest BCUT2D eigenvalue weighted by Crippen LogP contribution is -2.19. The molecule has 19 heavy (non-hydrogen) atoms. The van der Waals surface area contributed by atoms with Crippen LogP contribution in [0.3, 0.4) is 0 Å². The fraction of sp³-hybridized carbons (Fsp3) is 0.125. The summed E-state index contributed by atoms with van der Waals surface area (Å²) in [5.74, 6) is -0.152. The number of amides is 1. The maximum Gasteiger partial charge on any atom is 0.270 e. The Morgan fingerprint density at radius 1 is 1.00 bits per heavy atom. The predicted octanol–water partition coefficient (Wildman–Crippen LogP) is 1.28. The molecule has 0 spiro atoms. The second-order valence-corrected chi connectivity index (χ2v) is 4.49. The molecule has 0 bridgehead atoms. The van der Waals surface area contributed by atoms with Gasteiger partial charge in [-0.3, -0.25) is 4.79 Å². The highest BCUT2D eigenvalue weighted by molar-refractivity contribution is 6.06. The lowest BCUT2D eigenvalue weighted by molar-refractivity contribution is -0.112. The van der Waals surface area contributed by atoms with E-state index in [2.05, 4.69) is 34.6 Å². The molecule has 1 N–H and O–H groups in total. The van der Waals surface area contributed by atoms with Crippen LogP contribution in [0, 0.1) is 0 Å².